The predicted octanol–water partition coefficient (Wildman–Crippen LogP) is 4.39. The fourth-order valence-corrected chi connectivity index (χ4v) is 3.74. The predicted molar refractivity (Wildman–Crippen MR) is 96.8 cm³/mol. The summed E-state index contributed by atoms with van der Waals surface area (Å²) >= 11 is 0. The van der Waals surface area contributed by atoms with Gasteiger partial charge in [0.15, 0.2) is 0 Å². The Labute approximate surface area is 156 Å². The Kier molecular flexibility index (Phi) is 4.78. The first kappa shape index (κ1) is 17.9. The molecule has 5 nitrogen and oxygen atoms in total. The molecule has 142 valence electrons. The van der Waals surface area contributed by atoms with E-state index in [1.165, 1.54) is 18.6 Å². The average molecular weight is 372 g/mol. The molecule has 1 aliphatic heterocycles. The van der Waals surface area contributed by atoms with Gasteiger partial charge in [0.25, 0.3) is 0 Å². The van der Waals surface area contributed by atoms with Gasteiger partial charge in [-0.2, -0.15) is 0 Å². The second kappa shape index (κ2) is 7.23. The van der Waals surface area contributed by atoms with E-state index in [0.29, 0.717) is 17.9 Å². The van der Waals surface area contributed by atoms with Gasteiger partial charge in [0.1, 0.15) is 23.2 Å². The molecule has 0 bridgehead atoms. The number of rotatable bonds is 4. The number of likely N-dealkylation sites (tertiary alicyclic amines) is 1. The number of imidazole rings is 1. The molecule has 3 heterocycles. The second-order valence-corrected chi connectivity index (χ2v) is 7.06. The van der Waals surface area contributed by atoms with Crippen LogP contribution in [-0.2, 0) is 13.6 Å². The summed E-state index contributed by atoms with van der Waals surface area (Å²) in [6.07, 6.45) is 7.11. The third kappa shape index (κ3) is 3.64. The van der Waals surface area contributed by atoms with E-state index in [1.54, 1.807) is 0 Å². The number of hydrogen-bond donors (Lipinski definition) is 0. The lowest BCUT2D eigenvalue weighted by molar-refractivity contribution is 0.129. The van der Waals surface area contributed by atoms with Crippen LogP contribution in [0, 0.1) is 18.6 Å². The van der Waals surface area contributed by atoms with Crippen molar-refractivity contribution in [2.75, 3.05) is 6.54 Å². The zero-order chi connectivity index (χ0) is 19.0. The smallest absolute Gasteiger partial charge is 0.226 e. The first-order valence-electron chi connectivity index (χ1n) is 9.15. The highest BCUT2D eigenvalue weighted by Crippen LogP contribution is 2.32. The van der Waals surface area contributed by atoms with Crippen molar-refractivity contribution in [1.82, 2.24) is 19.4 Å². The lowest BCUT2D eigenvalue weighted by atomic mass is 10.0. The molecule has 1 unspecified atom stereocenters. The summed E-state index contributed by atoms with van der Waals surface area (Å²) in [5, 5.41) is 0. The minimum absolute atomic E-state index is 0.227. The van der Waals surface area contributed by atoms with Crippen molar-refractivity contribution in [3.05, 3.63) is 59.5 Å². The molecular formula is C20H22F2N4O. The maximum absolute atomic E-state index is 13.5. The van der Waals surface area contributed by atoms with Crippen LogP contribution in [0.1, 0.15) is 42.6 Å². The third-order valence-electron chi connectivity index (χ3n) is 5.13. The molecule has 1 aromatic carbocycles. The van der Waals surface area contributed by atoms with Gasteiger partial charge in [0.05, 0.1) is 11.7 Å². The van der Waals surface area contributed by atoms with Gasteiger partial charge >= 0.3 is 0 Å². The molecule has 4 rings (SSSR count). The lowest BCUT2D eigenvalue weighted by Gasteiger charge is -2.34. The summed E-state index contributed by atoms with van der Waals surface area (Å²) in [7, 11) is 2.01. The van der Waals surface area contributed by atoms with Crippen LogP contribution in [0.4, 0.5) is 8.78 Å². The van der Waals surface area contributed by atoms with E-state index < -0.39 is 11.6 Å². The van der Waals surface area contributed by atoms with Crippen LogP contribution in [0.15, 0.2) is 35.0 Å². The Morgan fingerprint density at radius 1 is 1.19 bits per heavy atom. The molecule has 0 amide bonds. The topological polar surface area (TPSA) is 47.1 Å². The molecule has 1 saturated heterocycles. The highest BCUT2D eigenvalue weighted by Gasteiger charge is 2.28. The van der Waals surface area contributed by atoms with Crippen LogP contribution in [0.2, 0.25) is 0 Å². The number of nitrogens with zero attached hydrogens (tertiary/aromatic N) is 4. The van der Waals surface area contributed by atoms with Gasteiger partial charge in [-0.15, -0.1) is 0 Å². The first-order valence-corrected chi connectivity index (χ1v) is 9.15. The summed E-state index contributed by atoms with van der Waals surface area (Å²) in [5.41, 5.74) is 1.09. The highest BCUT2D eigenvalue weighted by atomic mass is 19.1. The zero-order valence-electron chi connectivity index (χ0n) is 15.5. The number of aryl methyl sites for hydroxylation is 2. The first-order chi connectivity index (χ1) is 13.0. The van der Waals surface area contributed by atoms with Gasteiger partial charge in [-0.1, -0.05) is 6.42 Å². The minimum Gasteiger partial charge on any atom is -0.441 e. The quantitative estimate of drug-likeness (QED) is 0.682. The fraction of sp³-hybridized carbons (Fsp3) is 0.400. The Balaban J connectivity index is 1.60. The molecule has 0 spiro atoms. The van der Waals surface area contributed by atoms with Crippen molar-refractivity contribution in [2.45, 2.75) is 38.8 Å². The summed E-state index contributed by atoms with van der Waals surface area (Å²) < 4.78 is 34.8. The number of benzene rings is 1. The minimum atomic E-state index is -0.645. The van der Waals surface area contributed by atoms with Crippen LogP contribution in [0.3, 0.4) is 0 Å². The van der Waals surface area contributed by atoms with Gasteiger partial charge < -0.3 is 8.98 Å². The monoisotopic (exact) mass is 372 g/mol. The number of oxazole rings is 1. The molecule has 2 aromatic heterocycles. The number of piperidine rings is 1. The lowest BCUT2D eigenvalue weighted by Crippen LogP contribution is -2.34. The Bertz CT molecular complexity index is 929. The van der Waals surface area contributed by atoms with Crippen molar-refractivity contribution in [3.8, 4) is 11.5 Å². The van der Waals surface area contributed by atoms with Crippen molar-refractivity contribution < 1.29 is 13.2 Å². The zero-order valence-corrected chi connectivity index (χ0v) is 15.5. The van der Waals surface area contributed by atoms with Crippen molar-refractivity contribution in [2.24, 2.45) is 7.05 Å². The highest BCUT2D eigenvalue weighted by molar-refractivity contribution is 5.53. The molecule has 1 fully saturated rings. The standard InChI is InChI=1S/C20H22F2N4O/c1-13-17(24-20(27-13)14-9-15(21)11-16(22)10-14)12-26-7-4-3-5-18(26)19-23-6-8-25(19)2/h6,8-11,18H,3-5,7,12H2,1-2H3. The van der Waals surface area contributed by atoms with Crippen LogP contribution in [0.5, 0.6) is 0 Å². The van der Waals surface area contributed by atoms with Crippen LogP contribution >= 0.6 is 0 Å². The number of halogens is 2. The van der Waals surface area contributed by atoms with E-state index >= 15 is 0 Å². The van der Waals surface area contributed by atoms with E-state index in [0.717, 1.165) is 37.0 Å². The molecule has 3 aromatic rings. The number of hydrogen-bond acceptors (Lipinski definition) is 4. The largest absolute Gasteiger partial charge is 0.441 e. The molecule has 1 atom stereocenters. The van der Waals surface area contributed by atoms with Gasteiger partial charge in [0.2, 0.25) is 5.89 Å². The van der Waals surface area contributed by atoms with E-state index in [4.69, 9.17) is 4.42 Å². The summed E-state index contributed by atoms with van der Waals surface area (Å²) in [6, 6.07) is 3.53. The molecular weight excluding hydrogens is 350 g/mol. The van der Waals surface area contributed by atoms with Crippen molar-refractivity contribution in [1.29, 1.82) is 0 Å². The summed E-state index contributed by atoms with van der Waals surface area (Å²) in [6.45, 7) is 3.40. The molecule has 0 radical (unpaired) electrons. The van der Waals surface area contributed by atoms with E-state index in [-0.39, 0.29) is 11.9 Å². The van der Waals surface area contributed by atoms with Crippen LogP contribution < -0.4 is 0 Å². The van der Waals surface area contributed by atoms with Crippen molar-refractivity contribution in [3.63, 3.8) is 0 Å². The van der Waals surface area contributed by atoms with E-state index in [9.17, 15) is 8.78 Å². The Morgan fingerprint density at radius 3 is 2.67 bits per heavy atom. The second-order valence-electron chi connectivity index (χ2n) is 7.06. The van der Waals surface area contributed by atoms with Crippen LogP contribution in [-0.4, -0.2) is 26.0 Å². The summed E-state index contributed by atoms with van der Waals surface area (Å²) in [4.78, 5) is 11.4. The average Bonchev–Trinajstić information content (AvgIpc) is 3.21. The van der Waals surface area contributed by atoms with Crippen LogP contribution in [0.25, 0.3) is 11.5 Å². The summed E-state index contributed by atoms with van der Waals surface area (Å²) in [5.74, 6) is 0.662. The molecule has 27 heavy (non-hydrogen) atoms. The maximum Gasteiger partial charge on any atom is 0.226 e. The van der Waals surface area contributed by atoms with Gasteiger partial charge in [0, 0.05) is 37.6 Å². The van der Waals surface area contributed by atoms with E-state index in [2.05, 4.69) is 19.4 Å². The molecule has 7 heteroatoms. The van der Waals surface area contributed by atoms with Gasteiger partial charge in [-0.3, -0.25) is 4.90 Å². The number of aromatic nitrogens is 3. The normalized spacial score (nSPS) is 18.1. The third-order valence-corrected chi connectivity index (χ3v) is 5.13. The van der Waals surface area contributed by atoms with Crippen molar-refractivity contribution >= 4 is 0 Å². The Hall–Kier alpha value is -2.54. The van der Waals surface area contributed by atoms with E-state index in [1.807, 2.05) is 26.4 Å². The maximum atomic E-state index is 13.5. The van der Waals surface area contributed by atoms with Gasteiger partial charge in [-0.05, 0) is 38.4 Å². The SMILES string of the molecule is Cc1oc(-c2cc(F)cc(F)c2)nc1CN1CCCCC1c1nccn1C. The Morgan fingerprint density at radius 2 is 1.96 bits per heavy atom. The van der Waals surface area contributed by atoms with Gasteiger partial charge in [-0.25, -0.2) is 18.7 Å². The fourth-order valence-electron chi connectivity index (χ4n) is 3.74. The molecule has 1 aliphatic rings. The molecule has 0 aliphatic carbocycles. The molecule has 0 saturated carbocycles. The molecule has 0 N–H and O–H groups in total.